The third kappa shape index (κ3) is 3.29. The van der Waals surface area contributed by atoms with Gasteiger partial charge in [0.1, 0.15) is 5.76 Å². The fourth-order valence-corrected chi connectivity index (χ4v) is 1.69. The van der Waals surface area contributed by atoms with Crippen molar-refractivity contribution >= 4 is 0 Å². The lowest BCUT2D eigenvalue weighted by Gasteiger charge is -2.15. The molecule has 88 valence electrons. The quantitative estimate of drug-likeness (QED) is 0.772. The van der Waals surface area contributed by atoms with Gasteiger partial charge in [-0.3, -0.25) is 4.98 Å². The van der Waals surface area contributed by atoms with Crippen molar-refractivity contribution in [2.75, 3.05) is 0 Å². The summed E-state index contributed by atoms with van der Waals surface area (Å²) in [5.74, 6) is 0.926. The van der Waals surface area contributed by atoms with Crippen molar-refractivity contribution < 1.29 is 4.42 Å². The summed E-state index contributed by atoms with van der Waals surface area (Å²) in [5, 5.41) is 3.41. The van der Waals surface area contributed by atoms with Crippen LogP contribution in [0.25, 0.3) is 0 Å². The van der Waals surface area contributed by atoms with Gasteiger partial charge in [0.05, 0.1) is 24.5 Å². The van der Waals surface area contributed by atoms with Gasteiger partial charge in [-0.2, -0.15) is 0 Å². The lowest BCUT2D eigenvalue weighted by Crippen LogP contribution is -2.21. The molecule has 0 aliphatic carbocycles. The van der Waals surface area contributed by atoms with Crippen LogP contribution in [0.2, 0.25) is 0 Å². The third-order valence-corrected chi connectivity index (χ3v) is 2.55. The van der Waals surface area contributed by atoms with E-state index < -0.39 is 0 Å². The van der Waals surface area contributed by atoms with Gasteiger partial charge < -0.3 is 9.73 Å². The molecule has 0 aliphatic rings. The second-order valence-electron chi connectivity index (χ2n) is 3.79. The Hall–Kier alpha value is -1.87. The molecule has 2 aromatic rings. The number of furan rings is 1. The average molecular weight is 228 g/mol. The second-order valence-corrected chi connectivity index (χ2v) is 3.79. The summed E-state index contributed by atoms with van der Waals surface area (Å²) in [7, 11) is 0. The Kier molecular flexibility index (Phi) is 4.11. The lowest BCUT2D eigenvalue weighted by atomic mass is 10.1. The van der Waals surface area contributed by atoms with Gasteiger partial charge in [-0.1, -0.05) is 12.1 Å². The summed E-state index contributed by atoms with van der Waals surface area (Å²) in [6, 6.07) is 9.95. The van der Waals surface area contributed by atoms with Crippen molar-refractivity contribution in [3.05, 3.63) is 66.9 Å². The van der Waals surface area contributed by atoms with Crippen molar-refractivity contribution in [3.63, 3.8) is 0 Å². The molecule has 0 aliphatic heterocycles. The van der Waals surface area contributed by atoms with Crippen LogP contribution < -0.4 is 5.32 Å². The number of hydrogen-bond acceptors (Lipinski definition) is 3. The molecule has 3 nitrogen and oxygen atoms in total. The Labute approximate surface area is 101 Å². The molecule has 2 heterocycles. The number of aromatic nitrogens is 1. The van der Waals surface area contributed by atoms with Gasteiger partial charge in [0.25, 0.3) is 0 Å². The molecular weight excluding hydrogens is 212 g/mol. The number of pyridine rings is 1. The van der Waals surface area contributed by atoms with Crippen molar-refractivity contribution in [2.24, 2.45) is 0 Å². The first-order valence-electron chi connectivity index (χ1n) is 5.67. The second kappa shape index (κ2) is 6.01. The maximum absolute atomic E-state index is 5.29. The zero-order valence-electron chi connectivity index (χ0n) is 9.67. The van der Waals surface area contributed by atoms with E-state index in [1.807, 2.05) is 36.4 Å². The van der Waals surface area contributed by atoms with Crippen LogP contribution in [0.1, 0.15) is 23.9 Å². The normalized spacial score (nSPS) is 12.2. The fourth-order valence-electron chi connectivity index (χ4n) is 1.69. The fraction of sp³-hybridized carbons (Fsp3) is 0.214. The van der Waals surface area contributed by atoms with E-state index in [9.17, 15) is 0 Å². The zero-order chi connectivity index (χ0) is 11.9. The summed E-state index contributed by atoms with van der Waals surface area (Å²) in [6.07, 6.45) is 6.23. The largest absolute Gasteiger partial charge is 0.468 e. The first-order chi connectivity index (χ1) is 8.40. The summed E-state index contributed by atoms with van der Waals surface area (Å²) >= 11 is 0. The van der Waals surface area contributed by atoms with Gasteiger partial charge in [0, 0.05) is 6.20 Å². The van der Waals surface area contributed by atoms with Gasteiger partial charge >= 0.3 is 0 Å². The number of nitrogens with one attached hydrogen (secondary N) is 1. The van der Waals surface area contributed by atoms with Crippen molar-refractivity contribution in [3.8, 4) is 0 Å². The highest BCUT2D eigenvalue weighted by Gasteiger charge is 2.10. The van der Waals surface area contributed by atoms with E-state index in [1.54, 1.807) is 12.5 Å². The Morgan fingerprint density at radius 2 is 2.29 bits per heavy atom. The van der Waals surface area contributed by atoms with E-state index in [0.29, 0.717) is 6.54 Å². The summed E-state index contributed by atoms with van der Waals surface area (Å²) in [6.45, 7) is 4.48. The van der Waals surface area contributed by atoms with E-state index in [0.717, 1.165) is 17.9 Å². The molecule has 1 unspecified atom stereocenters. The molecule has 0 saturated carbocycles. The molecule has 2 rings (SSSR count). The monoisotopic (exact) mass is 228 g/mol. The highest BCUT2D eigenvalue weighted by Crippen LogP contribution is 2.15. The average Bonchev–Trinajstić information content (AvgIpc) is 2.88. The van der Waals surface area contributed by atoms with E-state index in [1.165, 1.54) is 0 Å². The predicted molar refractivity (Wildman–Crippen MR) is 67.3 cm³/mol. The molecule has 0 radical (unpaired) electrons. The number of hydrogen-bond donors (Lipinski definition) is 1. The molecule has 0 aromatic carbocycles. The van der Waals surface area contributed by atoms with Gasteiger partial charge in [0.15, 0.2) is 0 Å². The van der Waals surface area contributed by atoms with Crippen molar-refractivity contribution in [2.45, 2.75) is 19.0 Å². The van der Waals surface area contributed by atoms with E-state index in [2.05, 4.69) is 16.9 Å². The van der Waals surface area contributed by atoms with Gasteiger partial charge in [-0.15, -0.1) is 6.58 Å². The van der Waals surface area contributed by atoms with E-state index >= 15 is 0 Å². The molecule has 17 heavy (non-hydrogen) atoms. The summed E-state index contributed by atoms with van der Waals surface area (Å²) in [5.41, 5.74) is 1.03. The Balaban J connectivity index is 2.00. The topological polar surface area (TPSA) is 38.1 Å². The zero-order valence-corrected chi connectivity index (χ0v) is 9.67. The molecule has 0 spiro atoms. The van der Waals surface area contributed by atoms with Crippen LogP contribution >= 0.6 is 0 Å². The maximum atomic E-state index is 5.29. The number of rotatable bonds is 6. The van der Waals surface area contributed by atoms with Crippen LogP contribution in [0.4, 0.5) is 0 Å². The molecule has 0 fully saturated rings. The Bertz CT molecular complexity index is 437. The predicted octanol–water partition coefficient (Wildman–Crippen LogP) is 3.08. The first-order valence-corrected chi connectivity index (χ1v) is 5.67. The van der Waals surface area contributed by atoms with Crippen molar-refractivity contribution in [1.82, 2.24) is 10.3 Å². The molecule has 3 heteroatoms. The van der Waals surface area contributed by atoms with Gasteiger partial charge in [0.2, 0.25) is 0 Å². The highest BCUT2D eigenvalue weighted by molar-refractivity contribution is 5.10. The minimum Gasteiger partial charge on any atom is -0.468 e. The van der Waals surface area contributed by atoms with Crippen LogP contribution in [-0.4, -0.2) is 4.98 Å². The summed E-state index contributed by atoms with van der Waals surface area (Å²) < 4.78 is 5.29. The SMILES string of the molecule is C=CCC(NCc1ccco1)c1ccccn1. The molecule has 1 N–H and O–H groups in total. The van der Waals surface area contributed by atoms with Crippen molar-refractivity contribution in [1.29, 1.82) is 0 Å². The molecular formula is C14H16N2O. The lowest BCUT2D eigenvalue weighted by molar-refractivity contribution is 0.446. The van der Waals surface area contributed by atoms with E-state index in [4.69, 9.17) is 4.42 Å². The molecule has 0 amide bonds. The minimum atomic E-state index is 0.179. The maximum Gasteiger partial charge on any atom is 0.117 e. The summed E-state index contributed by atoms with van der Waals surface area (Å²) in [4.78, 5) is 4.36. The van der Waals surface area contributed by atoms with Crippen LogP contribution in [0.15, 0.2) is 59.9 Å². The molecule has 1 atom stereocenters. The van der Waals surface area contributed by atoms with Crippen LogP contribution in [-0.2, 0) is 6.54 Å². The molecule has 0 bridgehead atoms. The van der Waals surface area contributed by atoms with Crippen LogP contribution in [0.5, 0.6) is 0 Å². The Morgan fingerprint density at radius 1 is 1.35 bits per heavy atom. The Morgan fingerprint density at radius 3 is 2.94 bits per heavy atom. The standard InChI is InChI=1S/C14H16N2O/c1-2-6-13(14-8-3-4-9-15-14)16-11-12-7-5-10-17-12/h2-5,7-10,13,16H,1,6,11H2. The third-order valence-electron chi connectivity index (χ3n) is 2.55. The smallest absolute Gasteiger partial charge is 0.117 e. The van der Waals surface area contributed by atoms with E-state index in [-0.39, 0.29) is 6.04 Å². The molecule has 2 aromatic heterocycles. The minimum absolute atomic E-state index is 0.179. The number of nitrogens with zero attached hydrogens (tertiary/aromatic N) is 1. The van der Waals surface area contributed by atoms with Crippen LogP contribution in [0.3, 0.4) is 0 Å². The van der Waals surface area contributed by atoms with Gasteiger partial charge in [-0.25, -0.2) is 0 Å². The van der Waals surface area contributed by atoms with Gasteiger partial charge in [-0.05, 0) is 30.7 Å². The molecule has 0 saturated heterocycles. The highest BCUT2D eigenvalue weighted by atomic mass is 16.3. The van der Waals surface area contributed by atoms with Crippen LogP contribution in [0, 0.1) is 0 Å². The first kappa shape index (κ1) is 11.6.